The van der Waals surface area contributed by atoms with E-state index >= 15 is 0 Å². The molecule has 7 rings (SSSR count). The van der Waals surface area contributed by atoms with Crippen molar-refractivity contribution < 1.29 is 28.4 Å². The van der Waals surface area contributed by atoms with Gasteiger partial charge >= 0.3 is 6.03 Å². The van der Waals surface area contributed by atoms with E-state index in [-0.39, 0.29) is 52.9 Å². The van der Waals surface area contributed by atoms with Crippen LogP contribution in [0.2, 0.25) is 0 Å². The lowest BCUT2D eigenvalue weighted by atomic mass is 9.92. The number of hydrogen-bond donors (Lipinski definition) is 2. The third kappa shape index (κ3) is 16.4. The average molecular weight is 990 g/mol. The number of piperidine rings is 2. The van der Waals surface area contributed by atoms with E-state index in [4.69, 9.17) is 4.98 Å². The molecule has 72 heavy (non-hydrogen) atoms. The molecule has 0 aliphatic carbocycles. The van der Waals surface area contributed by atoms with Gasteiger partial charge in [0.2, 0.25) is 11.8 Å². The van der Waals surface area contributed by atoms with Crippen LogP contribution in [0.5, 0.6) is 0 Å². The summed E-state index contributed by atoms with van der Waals surface area (Å²) < 4.78 is 13.9. The van der Waals surface area contributed by atoms with E-state index in [9.17, 15) is 33.6 Å². The zero-order valence-electron chi connectivity index (χ0n) is 44.4. The molecule has 0 radical (unpaired) electrons. The van der Waals surface area contributed by atoms with Crippen molar-refractivity contribution in [2.24, 2.45) is 17.8 Å². The molecule has 15 heteroatoms. The Labute approximate surface area is 428 Å². The van der Waals surface area contributed by atoms with E-state index in [2.05, 4.69) is 57.2 Å². The number of imide groups is 1. The van der Waals surface area contributed by atoms with Crippen LogP contribution in [-0.4, -0.2) is 108 Å². The van der Waals surface area contributed by atoms with Gasteiger partial charge in [-0.3, -0.25) is 29.5 Å². The number of hydrogen-bond acceptors (Lipinski definition) is 11. The Hall–Kier alpha value is -6.27. The van der Waals surface area contributed by atoms with Crippen molar-refractivity contribution in [1.82, 2.24) is 25.1 Å². The van der Waals surface area contributed by atoms with Crippen LogP contribution in [0.3, 0.4) is 0 Å². The number of nitrogens with zero attached hydrogens (tertiary/aromatic N) is 7. The summed E-state index contributed by atoms with van der Waals surface area (Å²) in [5.74, 6) is 0.743. The highest BCUT2D eigenvalue weighted by Crippen LogP contribution is 2.31. The Morgan fingerprint density at radius 1 is 0.958 bits per heavy atom. The third-order valence-corrected chi connectivity index (χ3v) is 13.6. The molecule has 3 saturated heterocycles. The number of anilines is 3. The van der Waals surface area contributed by atoms with Crippen LogP contribution in [0.25, 0.3) is 10.9 Å². The molecule has 2 N–H and O–H groups in total. The zero-order valence-corrected chi connectivity index (χ0v) is 44.4. The van der Waals surface area contributed by atoms with Crippen molar-refractivity contribution in [3.8, 4) is 6.07 Å². The van der Waals surface area contributed by atoms with Gasteiger partial charge in [-0.25, -0.2) is 14.2 Å². The molecule has 3 atom stereocenters. The fraction of sp³-hybridized carbons (Fsp3) is 0.544. The summed E-state index contributed by atoms with van der Waals surface area (Å²) in [5, 5.41) is 15.8. The molecule has 4 amide bonds. The summed E-state index contributed by atoms with van der Waals surface area (Å²) in [4.78, 5) is 75.9. The maximum Gasteiger partial charge on any atom is 0.322 e. The van der Waals surface area contributed by atoms with Gasteiger partial charge in [0.05, 0.1) is 23.0 Å². The van der Waals surface area contributed by atoms with Crippen LogP contribution < -0.4 is 20.4 Å². The topological polar surface area (TPSA) is 172 Å². The van der Waals surface area contributed by atoms with Crippen LogP contribution in [0.15, 0.2) is 60.9 Å². The van der Waals surface area contributed by atoms with Crippen LogP contribution in [0.4, 0.5) is 26.4 Å². The highest BCUT2D eigenvalue weighted by molar-refractivity contribution is 6.04. The normalized spacial score (nSPS) is 17.3. The molecule has 0 saturated carbocycles. The number of unbranched alkanes of at least 4 members (excludes halogenated alkanes) is 1. The van der Waals surface area contributed by atoms with Crippen molar-refractivity contribution >= 4 is 58.0 Å². The van der Waals surface area contributed by atoms with Gasteiger partial charge in [0.1, 0.15) is 17.7 Å². The Bertz CT molecular complexity index is 2430. The molecule has 3 unspecified atom stereocenters. The number of Topliss-reactive ketones (excluding diaryl/α,β-unsaturated/α-hetero) is 1. The molecule has 0 spiro atoms. The molecule has 3 fully saturated rings. The fourth-order valence-electron chi connectivity index (χ4n) is 9.24. The second-order valence-electron chi connectivity index (χ2n) is 19.0. The highest BCUT2D eigenvalue weighted by atomic mass is 19.1. The number of carbonyl (C=O) groups excluding carboxylic acids is 5. The van der Waals surface area contributed by atoms with Gasteiger partial charge in [0.25, 0.3) is 0 Å². The van der Waals surface area contributed by atoms with E-state index in [1.54, 1.807) is 19.3 Å². The van der Waals surface area contributed by atoms with E-state index in [1.165, 1.54) is 57.5 Å². The lowest BCUT2D eigenvalue weighted by Crippen LogP contribution is -2.54. The number of amides is 4. The molecular weight excluding hydrogens is 910 g/mol. The van der Waals surface area contributed by atoms with Gasteiger partial charge < -0.3 is 24.9 Å². The molecule has 4 aromatic rings. The van der Waals surface area contributed by atoms with Crippen LogP contribution in [0.1, 0.15) is 152 Å². The lowest BCUT2D eigenvalue weighted by molar-refractivity contribution is -0.135. The molecule has 3 aliphatic heterocycles. The van der Waals surface area contributed by atoms with Crippen molar-refractivity contribution in [1.29, 1.82) is 5.26 Å². The number of pyridine rings is 2. The number of urea groups is 1. The second-order valence-corrected chi connectivity index (χ2v) is 19.0. The van der Waals surface area contributed by atoms with E-state index < -0.39 is 0 Å². The number of carbonyl (C=O) groups is 5. The highest BCUT2D eigenvalue weighted by Gasteiger charge is 2.29. The quantitative estimate of drug-likeness (QED) is 0.0622. The predicted octanol–water partition coefficient (Wildman–Crippen LogP) is 10.9. The Kier molecular flexibility index (Phi) is 24.2. The number of aryl methyl sites for hydroxylation is 1. The van der Waals surface area contributed by atoms with E-state index in [0.717, 1.165) is 54.3 Å². The molecule has 390 valence electrons. The SMILES string of the molecule is CC.CC1CCC(=O)NC1=O.CCCCc1cc(C=O)c(C(=O)C(C)CC)cc1F.CCCN(CCC)CC1CCN(c2ccc(NC(=O)N3CCN(c4ccc(C#N)c5ncccc45)C(C)C3)cn2)CC1. The molecule has 2 aromatic heterocycles. The number of nitriles is 1. The lowest BCUT2D eigenvalue weighted by Gasteiger charge is -2.41. The summed E-state index contributed by atoms with van der Waals surface area (Å²) in [7, 11) is 0. The summed E-state index contributed by atoms with van der Waals surface area (Å²) in [5.41, 5.74) is 4.09. The monoisotopic (exact) mass is 990 g/mol. The number of aromatic nitrogens is 2. The fourth-order valence-corrected chi connectivity index (χ4v) is 9.24. The first kappa shape index (κ1) is 58.3. The first-order valence-corrected chi connectivity index (χ1v) is 26.4. The number of fused-ring (bicyclic) bond motifs is 1. The van der Waals surface area contributed by atoms with Gasteiger partial charge in [-0.1, -0.05) is 61.8 Å². The van der Waals surface area contributed by atoms with Crippen molar-refractivity contribution in [3.05, 3.63) is 89.0 Å². The first-order chi connectivity index (χ1) is 34.7. The van der Waals surface area contributed by atoms with Crippen molar-refractivity contribution in [2.45, 2.75) is 133 Å². The summed E-state index contributed by atoms with van der Waals surface area (Å²) in [6.45, 7) is 25.8. The zero-order chi connectivity index (χ0) is 52.7. The molecule has 14 nitrogen and oxygen atoms in total. The van der Waals surface area contributed by atoms with Crippen LogP contribution in [-0.2, 0) is 16.0 Å². The van der Waals surface area contributed by atoms with Crippen LogP contribution >= 0.6 is 0 Å². The summed E-state index contributed by atoms with van der Waals surface area (Å²) >= 11 is 0. The van der Waals surface area contributed by atoms with Crippen molar-refractivity contribution in [2.75, 3.05) is 67.5 Å². The molecule has 2 aromatic carbocycles. The second kappa shape index (κ2) is 29.9. The largest absolute Gasteiger partial charge is 0.365 e. The Morgan fingerprint density at radius 3 is 2.26 bits per heavy atom. The van der Waals surface area contributed by atoms with Crippen molar-refractivity contribution in [3.63, 3.8) is 0 Å². The predicted molar refractivity (Wildman–Crippen MR) is 287 cm³/mol. The molecular formula is C57H80FN9O5. The number of piperazine rings is 1. The van der Waals surface area contributed by atoms with Gasteiger partial charge in [-0.05, 0) is 131 Å². The molecule has 3 aliphatic rings. The number of ketones is 1. The number of nitrogens with one attached hydrogen (secondary N) is 2. The summed E-state index contributed by atoms with van der Waals surface area (Å²) in [6.07, 6.45) is 13.3. The maximum absolute atomic E-state index is 13.9. The van der Waals surface area contributed by atoms with Gasteiger partial charge in [0, 0.05) is 92.0 Å². The standard InChI is InChI=1S/C33H44N8O.C16H21FO2.C6H9NO2.C2H6/c1-4-15-38(16-5-2)24-26-12-17-39(18-13-26)31-11-9-28(22-36-31)37-33(42)40-19-20-41(25(3)23-40)30-10-8-27(21-34)32-29(30)7-6-14-35-32;1-4-6-7-12-8-13(10-18)14(9-15(12)17)16(19)11(3)5-2;1-4-2-3-5(8)7-6(4)9;1-2/h6-11,14,22,25-26H,4-5,12-13,15-20,23-24H2,1-3H3,(H,37,42);8-11H,4-7H2,1-3H3;4H,2-3H2,1H3,(H,7,8,9);1-2H3. The summed E-state index contributed by atoms with van der Waals surface area (Å²) in [6, 6.07) is 16.7. The van der Waals surface area contributed by atoms with Gasteiger partial charge in [-0.15, -0.1) is 0 Å². The Balaban J connectivity index is 0.000000307. The maximum atomic E-state index is 13.9. The minimum atomic E-state index is -0.384. The van der Waals surface area contributed by atoms with Gasteiger partial charge in [0.15, 0.2) is 12.1 Å². The third-order valence-electron chi connectivity index (χ3n) is 13.6. The molecule has 0 bridgehead atoms. The number of rotatable bonds is 16. The van der Waals surface area contributed by atoms with Crippen LogP contribution in [0, 0.1) is 34.9 Å². The first-order valence-electron chi connectivity index (χ1n) is 26.4. The minimum Gasteiger partial charge on any atom is -0.365 e. The van der Waals surface area contributed by atoms with Gasteiger partial charge in [-0.2, -0.15) is 5.26 Å². The smallest absolute Gasteiger partial charge is 0.322 e. The number of aldehydes is 1. The minimum absolute atomic E-state index is 0.0164. The van der Waals surface area contributed by atoms with E-state index in [0.29, 0.717) is 74.0 Å². The Morgan fingerprint density at radius 2 is 1.68 bits per heavy atom. The number of halogens is 1. The van der Waals surface area contributed by atoms with E-state index in [1.807, 2.05) is 75.9 Å². The average Bonchev–Trinajstić information content (AvgIpc) is 3.40. The number of benzene rings is 2. The molecule has 5 heterocycles.